The highest BCUT2D eigenvalue weighted by Crippen LogP contribution is 2.19. The first-order valence-corrected chi connectivity index (χ1v) is 8.85. The molecule has 1 saturated heterocycles. The average molecular weight is 343 g/mol. The zero-order valence-electron chi connectivity index (χ0n) is 14.8. The first-order chi connectivity index (χ1) is 12.1. The standard InChI is InChI=1S/C18H25N5O2/c1-14(2)18-19-20-21-23(18)12-17(24)22-10-6-7-15(11-22)13-25-16-8-4-3-5-9-16/h3-5,8-9,14-15H,6-7,10-13H2,1-2H3/t15-/m1/s1. The number of tetrazole rings is 1. The van der Waals surface area contributed by atoms with E-state index in [1.807, 2.05) is 49.1 Å². The predicted octanol–water partition coefficient (Wildman–Crippen LogP) is 2.11. The Labute approximate surface area is 148 Å². The maximum absolute atomic E-state index is 12.6. The fourth-order valence-electron chi connectivity index (χ4n) is 3.12. The number of nitrogens with zero attached hydrogens (tertiary/aromatic N) is 5. The second-order valence-corrected chi connectivity index (χ2v) is 6.82. The summed E-state index contributed by atoms with van der Waals surface area (Å²) in [5.41, 5.74) is 0. The Hall–Kier alpha value is -2.44. The zero-order valence-corrected chi connectivity index (χ0v) is 14.8. The molecule has 1 aromatic carbocycles. The van der Waals surface area contributed by atoms with Gasteiger partial charge in [0.15, 0.2) is 5.82 Å². The van der Waals surface area contributed by atoms with E-state index in [0.717, 1.165) is 37.5 Å². The third kappa shape index (κ3) is 4.55. The van der Waals surface area contributed by atoms with Crippen LogP contribution >= 0.6 is 0 Å². The van der Waals surface area contributed by atoms with E-state index < -0.39 is 0 Å². The van der Waals surface area contributed by atoms with E-state index in [9.17, 15) is 4.79 Å². The van der Waals surface area contributed by atoms with Crippen molar-refractivity contribution in [2.45, 2.75) is 39.2 Å². The fourth-order valence-corrected chi connectivity index (χ4v) is 3.12. The van der Waals surface area contributed by atoms with Crippen LogP contribution < -0.4 is 4.74 Å². The van der Waals surface area contributed by atoms with Crippen molar-refractivity contribution in [3.8, 4) is 5.75 Å². The molecule has 7 nitrogen and oxygen atoms in total. The van der Waals surface area contributed by atoms with E-state index in [-0.39, 0.29) is 18.4 Å². The molecule has 0 saturated carbocycles. The molecule has 1 amide bonds. The maximum atomic E-state index is 12.6. The van der Waals surface area contributed by atoms with Crippen molar-refractivity contribution in [2.24, 2.45) is 5.92 Å². The molecule has 0 radical (unpaired) electrons. The summed E-state index contributed by atoms with van der Waals surface area (Å²) >= 11 is 0. The second-order valence-electron chi connectivity index (χ2n) is 6.82. The number of likely N-dealkylation sites (tertiary alicyclic amines) is 1. The van der Waals surface area contributed by atoms with Crippen LogP contribution in [0.15, 0.2) is 30.3 Å². The van der Waals surface area contributed by atoms with Crippen molar-refractivity contribution < 1.29 is 9.53 Å². The highest BCUT2D eigenvalue weighted by Gasteiger charge is 2.25. The number of carbonyl (C=O) groups is 1. The van der Waals surface area contributed by atoms with Crippen LogP contribution in [0, 0.1) is 5.92 Å². The van der Waals surface area contributed by atoms with Crippen LogP contribution in [-0.2, 0) is 11.3 Å². The minimum absolute atomic E-state index is 0.0682. The highest BCUT2D eigenvalue weighted by atomic mass is 16.5. The Balaban J connectivity index is 1.53. The summed E-state index contributed by atoms with van der Waals surface area (Å²) in [5.74, 6) is 2.24. The molecule has 0 spiro atoms. The van der Waals surface area contributed by atoms with Crippen LogP contribution in [0.5, 0.6) is 5.75 Å². The van der Waals surface area contributed by atoms with Crippen LogP contribution in [0.25, 0.3) is 0 Å². The highest BCUT2D eigenvalue weighted by molar-refractivity contribution is 5.76. The molecule has 1 atom stereocenters. The van der Waals surface area contributed by atoms with Crippen molar-refractivity contribution in [3.63, 3.8) is 0 Å². The molecule has 0 N–H and O–H groups in total. The minimum Gasteiger partial charge on any atom is -0.493 e. The van der Waals surface area contributed by atoms with Crippen LogP contribution in [0.3, 0.4) is 0 Å². The number of piperidine rings is 1. The lowest BCUT2D eigenvalue weighted by Gasteiger charge is -2.32. The van der Waals surface area contributed by atoms with Gasteiger partial charge in [-0.05, 0) is 35.4 Å². The first kappa shape index (κ1) is 17.4. The van der Waals surface area contributed by atoms with Gasteiger partial charge in [-0.2, -0.15) is 0 Å². The average Bonchev–Trinajstić information content (AvgIpc) is 3.09. The largest absolute Gasteiger partial charge is 0.493 e. The first-order valence-electron chi connectivity index (χ1n) is 8.85. The quantitative estimate of drug-likeness (QED) is 0.803. The number of para-hydroxylation sites is 1. The molecule has 1 aromatic heterocycles. The van der Waals surface area contributed by atoms with Gasteiger partial charge >= 0.3 is 0 Å². The Morgan fingerprint density at radius 1 is 1.32 bits per heavy atom. The molecule has 2 heterocycles. The molecule has 1 fully saturated rings. The number of hydrogen-bond donors (Lipinski definition) is 0. The summed E-state index contributed by atoms with van der Waals surface area (Å²) in [6.07, 6.45) is 2.08. The normalized spacial score (nSPS) is 17.7. The molecule has 3 rings (SSSR count). The maximum Gasteiger partial charge on any atom is 0.244 e. The molecule has 0 bridgehead atoms. The lowest BCUT2D eigenvalue weighted by molar-refractivity contribution is -0.134. The van der Waals surface area contributed by atoms with Crippen molar-refractivity contribution in [1.29, 1.82) is 0 Å². The van der Waals surface area contributed by atoms with Crippen LogP contribution in [-0.4, -0.2) is 50.7 Å². The lowest BCUT2D eigenvalue weighted by atomic mass is 9.99. The lowest BCUT2D eigenvalue weighted by Crippen LogP contribution is -2.43. The minimum atomic E-state index is 0.0682. The second kappa shape index (κ2) is 8.09. The summed E-state index contributed by atoms with van der Waals surface area (Å²) < 4.78 is 7.46. The molecule has 1 aliphatic heterocycles. The molecule has 1 aliphatic rings. The van der Waals surface area contributed by atoms with E-state index in [4.69, 9.17) is 4.74 Å². The topological polar surface area (TPSA) is 73.1 Å². The van der Waals surface area contributed by atoms with E-state index in [0.29, 0.717) is 12.5 Å². The predicted molar refractivity (Wildman–Crippen MR) is 93.1 cm³/mol. The van der Waals surface area contributed by atoms with Crippen LogP contribution in [0.2, 0.25) is 0 Å². The van der Waals surface area contributed by atoms with Gasteiger partial charge in [0.2, 0.25) is 5.91 Å². The molecule has 0 aliphatic carbocycles. The van der Waals surface area contributed by atoms with Gasteiger partial charge in [0.05, 0.1) is 6.61 Å². The molecular weight excluding hydrogens is 318 g/mol. The SMILES string of the molecule is CC(C)c1nnnn1CC(=O)N1CCC[C@@H](COc2ccccc2)C1. The van der Waals surface area contributed by atoms with Crippen molar-refractivity contribution in [2.75, 3.05) is 19.7 Å². The molecular formula is C18H25N5O2. The number of amides is 1. The Morgan fingerprint density at radius 2 is 2.12 bits per heavy atom. The summed E-state index contributed by atoms with van der Waals surface area (Å²) in [5, 5.41) is 11.6. The Bertz CT molecular complexity index is 686. The summed E-state index contributed by atoms with van der Waals surface area (Å²) in [4.78, 5) is 14.5. The van der Waals surface area contributed by atoms with Gasteiger partial charge in [-0.15, -0.1) is 5.10 Å². The van der Waals surface area contributed by atoms with Crippen LogP contribution in [0.4, 0.5) is 0 Å². The fraction of sp³-hybridized carbons (Fsp3) is 0.556. The zero-order chi connectivity index (χ0) is 17.6. The number of carbonyl (C=O) groups excluding carboxylic acids is 1. The van der Waals surface area contributed by atoms with Gasteiger partial charge in [0.1, 0.15) is 12.3 Å². The Kier molecular flexibility index (Phi) is 5.63. The van der Waals surface area contributed by atoms with Gasteiger partial charge in [0.25, 0.3) is 0 Å². The van der Waals surface area contributed by atoms with Gasteiger partial charge in [0, 0.05) is 24.9 Å². The monoisotopic (exact) mass is 343 g/mol. The van der Waals surface area contributed by atoms with E-state index >= 15 is 0 Å². The number of ether oxygens (including phenoxy) is 1. The van der Waals surface area contributed by atoms with Crippen LogP contribution in [0.1, 0.15) is 38.4 Å². The van der Waals surface area contributed by atoms with E-state index in [1.165, 1.54) is 0 Å². The molecule has 0 unspecified atom stereocenters. The van der Waals surface area contributed by atoms with E-state index in [1.54, 1.807) is 4.68 Å². The van der Waals surface area contributed by atoms with Gasteiger partial charge < -0.3 is 9.64 Å². The van der Waals surface area contributed by atoms with Crippen molar-refractivity contribution in [3.05, 3.63) is 36.2 Å². The Morgan fingerprint density at radius 3 is 2.88 bits per heavy atom. The summed E-state index contributed by atoms with van der Waals surface area (Å²) in [6.45, 7) is 6.39. The van der Waals surface area contributed by atoms with Gasteiger partial charge in [-0.3, -0.25) is 4.79 Å². The number of benzene rings is 1. The van der Waals surface area contributed by atoms with Crippen molar-refractivity contribution in [1.82, 2.24) is 25.1 Å². The number of aromatic nitrogens is 4. The third-order valence-electron chi connectivity index (χ3n) is 4.46. The number of rotatable bonds is 6. The smallest absolute Gasteiger partial charge is 0.244 e. The molecule has 134 valence electrons. The summed E-state index contributed by atoms with van der Waals surface area (Å²) in [6, 6.07) is 9.81. The van der Waals surface area contributed by atoms with Gasteiger partial charge in [-0.25, -0.2) is 4.68 Å². The van der Waals surface area contributed by atoms with E-state index in [2.05, 4.69) is 15.5 Å². The third-order valence-corrected chi connectivity index (χ3v) is 4.46. The van der Waals surface area contributed by atoms with Gasteiger partial charge in [-0.1, -0.05) is 32.0 Å². The molecule has 2 aromatic rings. The summed E-state index contributed by atoms with van der Waals surface area (Å²) in [7, 11) is 0. The van der Waals surface area contributed by atoms with Crippen molar-refractivity contribution >= 4 is 5.91 Å². The number of hydrogen-bond acceptors (Lipinski definition) is 5. The molecule has 7 heteroatoms. The molecule has 25 heavy (non-hydrogen) atoms.